The van der Waals surface area contributed by atoms with Crippen LogP contribution >= 0.6 is 23.4 Å². The molecule has 1 saturated heterocycles. The van der Waals surface area contributed by atoms with Gasteiger partial charge in [-0.1, -0.05) is 29.8 Å². The topological polar surface area (TPSA) is 45.2 Å². The van der Waals surface area contributed by atoms with Crippen LogP contribution in [0.3, 0.4) is 0 Å². The van der Waals surface area contributed by atoms with Crippen molar-refractivity contribution in [3.8, 4) is 0 Å². The van der Waals surface area contributed by atoms with Gasteiger partial charge < -0.3 is 10.2 Å². The second-order valence-corrected chi connectivity index (χ2v) is 9.07. The zero-order chi connectivity index (χ0) is 21.3. The maximum Gasteiger partial charge on any atom is 0.417 e. The van der Waals surface area contributed by atoms with Crippen LogP contribution in [0, 0.1) is 5.92 Å². The standard InChI is InChI=1S/C21H21ClF3N3OS/c22-16-11-14(21(23,24)25)12-26-19(16)28-8-5-13(6-9-28)20(29)27-17-7-10-30-18-4-2-1-3-15(17)18/h1-4,11-13,17H,5-10H2,(H,27,29)/t17-/m0/s1. The Bertz CT molecular complexity index is 932. The van der Waals surface area contributed by atoms with Crippen molar-refractivity contribution < 1.29 is 18.0 Å². The minimum Gasteiger partial charge on any atom is -0.355 e. The number of fused-ring (bicyclic) bond motifs is 1. The number of carbonyl (C=O) groups excluding carboxylic acids is 1. The number of amides is 1. The van der Waals surface area contributed by atoms with E-state index in [-0.39, 0.29) is 22.9 Å². The molecule has 30 heavy (non-hydrogen) atoms. The number of anilines is 1. The molecule has 1 N–H and O–H groups in total. The number of alkyl halides is 3. The molecule has 3 heterocycles. The molecule has 2 aromatic rings. The molecule has 1 aromatic heterocycles. The van der Waals surface area contributed by atoms with Crippen molar-refractivity contribution in [1.29, 1.82) is 0 Å². The second-order valence-electron chi connectivity index (χ2n) is 7.52. The summed E-state index contributed by atoms with van der Waals surface area (Å²) in [6.45, 7) is 1.04. The van der Waals surface area contributed by atoms with Gasteiger partial charge >= 0.3 is 6.18 Å². The summed E-state index contributed by atoms with van der Waals surface area (Å²) in [4.78, 5) is 19.8. The van der Waals surface area contributed by atoms with Crippen LogP contribution in [0.5, 0.6) is 0 Å². The van der Waals surface area contributed by atoms with E-state index in [2.05, 4.69) is 22.4 Å². The highest BCUT2D eigenvalue weighted by Gasteiger charge is 2.33. The average molecular weight is 456 g/mol. The molecular weight excluding hydrogens is 435 g/mol. The van der Waals surface area contributed by atoms with E-state index in [0.29, 0.717) is 31.7 Å². The Balaban J connectivity index is 1.37. The molecule has 2 aliphatic rings. The van der Waals surface area contributed by atoms with Crippen LogP contribution in [0.1, 0.15) is 36.4 Å². The van der Waals surface area contributed by atoms with Gasteiger partial charge in [0.2, 0.25) is 5.91 Å². The van der Waals surface area contributed by atoms with Gasteiger partial charge in [-0.15, -0.1) is 11.8 Å². The normalized spacial score (nSPS) is 20.0. The Hall–Kier alpha value is -1.93. The first-order chi connectivity index (χ1) is 14.3. The number of nitrogens with zero attached hydrogens (tertiary/aromatic N) is 2. The fraction of sp³-hybridized carbons (Fsp3) is 0.429. The molecule has 0 saturated carbocycles. The van der Waals surface area contributed by atoms with Gasteiger partial charge in [0.1, 0.15) is 5.82 Å². The third kappa shape index (κ3) is 4.54. The van der Waals surface area contributed by atoms with E-state index in [1.54, 1.807) is 0 Å². The van der Waals surface area contributed by atoms with E-state index < -0.39 is 11.7 Å². The third-order valence-electron chi connectivity index (χ3n) is 5.59. The lowest BCUT2D eigenvalue weighted by atomic mass is 9.94. The van der Waals surface area contributed by atoms with Crippen molar-refractivity contribution in [2.45, 2.75) is 36.4 Å². The van der Waals surface area contributed by atoms with Crippen LogP contribution in [0.2, 0.25) is 5.02 Å². The summed E-state index contributed by atoms with van der Waals surface area (Å²) in [5, 5.41) is 3.17. The first-order valence-electron chi connectivity index (χ1n) is 9.82. The molecule has 1 atom stereocenters. The first-order valence-corrected chi connectivity index (χ1v) is 11.2. The zero-order valence-electron chi connectivity index (χ0n) is 16.1. The monoisotopic (exact) mass is 455 g/mol. The fourth-order valence-electron chi connectivity index (χ4n) is 3.95. The molecule has 4 nitrogen and oxygen atoms in total. The highest BCUT2D eigenvalue weighted by Crippen LogP contribution is 2.37. The summed E-state index contributed by atoms with van der Waals surface area (Å²) in [7, 11) is 0. The number of piperidine rings is 1. The Kier molecular flexibility index (Phi) is 6.16. The summed E-state index contributed by atoms with van der Waals surface area (Å²) in [6.07, 6.45) is -1.56. The number of hydrogen-bond acceptors (Lipinski definition) is 4. The fourth-order valence-corrected chi connectivity index (χ4v) is 5.36. The van der Waals surface area contributed by atoms with Crippen molar-refractivity contribution >= 4 is 35.1 Å². The molecule has 0 bridgehead atoms. The molecule has 1 amide bonds. The molecule has 1 fully saturated rings. The van der Waals surface area contributed by atoms with Gasteiger partial charge in [0, 0.05) is 35.9 Å². The maximum atomic E-state index is 12.8. The summed E-state index contributed by atoms with van der Waals surface area (Å²) in [5.41, 5.74) is 0.303. The van der Waals surface area contributed by atoms with Gasteiger partial charge in [-0.2, -0.15) is 13.2 Å². The van der Waals surface area contributed by atoms with Crippen LogP contribution in [-0.2, 0) is 11.0 Å². The summed E-state index contributed by atoms with van der Waals surface area (Å²) < 4.78 is 38.4. The highest BCUT2D eigenvalue weighted by molar-refractivity contribution is 7.99. The number of carbonyl (C=O) groups is 1. The lowest BCUT2D eigenvalue weighted by Crippen LogP contribution is -2.42. The van der Waals surface area contributed by atoms with Gasteiger partial charge in [0.05, 0.1) is 16.6 Å². The predicted molar refractivity (Wildman–Crippen MR) is 112 cm³/mol. The Morgan fingerprint density at radius 2 is 1.93 bits per heavy atom. The Morgan fingerprint density at radius 3 is 2.63 bits per heavy atom. The van der Waals surface area contributed by atoms with Crippen LogP contribution in [-0.4, -0.2) is 29.7 Å². The van der Waals surface area contributed by atoms with E-state index in [9.17, 15) is 18.0 Å². The third-order valence-corrected chi connectivity index (χ3v) is 6.99. The van der Waals surface area contributed by atoms with Crippen LogP contribution in [0.25, 0.3) is 0 Å². The number of rotatable bonds is 3. The number of benzene rings is 1. The molecule has 9 heteroatoms. The average Bonchev–Trinajstić information content (AvgIpc) is 2.73. The maximum absolute atomic E-state index is 12.8. The van der Waals surface area contributed by atoms with Crippen molar-refractivity contribution in [1.82, 2.24) is 10.3 Å². The van der Waals surface area contributed by atoms with E-state index in [4.69, 9.17) is 11.6 Å². The minimum atomic E-state index is -4.48. The SMILES string of the molecule is O=C(N[C@H]1CCSc2ccccc21)C1CCN(c2ncc(C(F)(F)F)cc2Cl)CC1. The van der Waals surface area contributed by atoms with Crippen LogP contribution in [0.15, 0.2) is 41.4 Å². The number of hydrogen-bond donors (Lipinski definition) is 1. The van der Waals surface area contributed by atoms with Crippen molar-refractivity contribution in [2.24, 2.45) is 5.92 Å². The number of aromatic nitrogens is 1. The Labute approximate surface area is 182 Å². The predicted octanol–water partition coefficient (Wildman–Crippen LogP) is 5.32. The first kappa shape index (κ1) is 21.3. The van der Waals surface area contributed by atoms with E-state index in [0.717, 1.165) is 24.4 Å². The lowest BCUT2D eigenvalue weighted by molar-refractivity contribution is -0.137. The molecule has 160 valence electrons. The lowest BCUT2D eigenvalue weighted by Gasteiger charge is -2.34. The molecule has 0 radical (unpaired) electrons. The van der Waals surface area contributed by atoms with Gasteiger partial charge in [-0.25, -0.2) is 4.98 Å². The Morgan fingerprint density at radius 1 is 1.20 bits per heavy atom. The molecule has 0 aliphatic carbocycles. The molecular formula is C21H21ClF3N3OS. The van der Waals surface area contributed by atoms with E-state index in [1.165, 1.54) is 10.5 Å². The number of halogens is 4. The molecule has 0 unspecified atom stereocenters. The number of nitrogens with one attached hydrogen (secondary N) is 1. The van der Waals surface area contributed by atoms with Crippen LogP contribution < -0.4 is 10.2 Å². The zero-order valence-corrected chi connectivity index (χ0v) is 17.7. The number of pyridine rings is 1. The van der Waals surface area contributed by atoms with Gasteiger partial charge in [0.15, 0.2) is 0 Å². The number of thioether (sulfide) groups is 1. The minimum absolute atomic E-state index is 0.0240. The highest BCUT2D eigenvalue weighted by atomic mass is 35.5. The van der Waals surface area contributed by atoms with Crippen molar-refractivity contribution in [3.05, 3.63) is 52.7 Å². The van der Waals surface area contributed by atoms with Gasteiger partial charge in [-0.3, -0.25) is 4.79 Å². The van der Waals surface area contributed by atoms with E-state index in [1.807, 2.05) is 28.8 Å². The molecule has 2 aliphatic heterocycles. The molecule has 0 spiro atoms. The summed E-state index contributed by atoms with van der Waals surface area (Å²) in [5.74, 6) is 1.21. The van der Waals surface area contributed by atoms with Gasteiger partial charge in [-0.05, 0) is 37.0 Å². The molecule has 1 aromatic carbocycles. The van der Waals surface area contributed by atoms with E-state index >= 15 is 0 Å². The van der Waals surface area contributed by atoms with Gasteiger partial charge in [0.25, 0.3) is 0 Å². The summed E-state index contributed by atoms with van der Waals surface area (Å²) in [6, 6.07) is 9.07. The summed E-state index contributed by atoms with van der Waals surface area (Å²) >= 11 is 7.87. The smallest absolute Gasteiger partial charge is 0.355 e. The van der Waals surface area contributed by atoms with Crippen LogP contribution in [0.4, 0.5) is 19.0 Å². The largest absolute Gasteiger partial charge is 0.417 e. The molecule has 4 rings (SSSR count). The quantitative estimate of drug-likeness (QED) is 0.680. The van der Waals surface area contributed by atoms with Crippen molar-refractivity contribution in [3.63, 3.8) is 0 Å². The van der Waals surface area contributed by atoms with Crippen molar-refractivity contribution in [2.75, 3.05) is 23.7 Å². The second kappa shape index (κ2) is 8.67.